The smallest absolute Gasteiger partial charge is 0.140 e. The van der Waals surface area contributed by atoms with Crippen molar-refractivity contribution in [2.24, 2.45) is 0 Å². The number of hydrogen-bond acceptors (Lipinski definition) is 4. The van der Waals surface area contributed by atoms with E-state index < -0.39 is 0 Å². The third-order valence-electron chi connectivity index (χ3n) is 3.62. The first kappa shape index (κ1) is 8.56. The number of aromatic nitrogens is 2. The van der Waals surface area contributed by atoms with Crippen molar-refractivity contribution in [3.05, 3.63) is 22.6 Å². The summed E-state index contributed by atoms with van der Waals surface area (Å²) < 4.78 is 10.7. The van der Waals surface area contributed by atoms with Gasteiger partial charge >= 0.3 is 0 Å². The fourth-order valence-corrected chi connectivity index (χ4v) is 2.82. The van der Waals surface area contributed by atoms with E-state index in [2.05, 4.69) is 10.3 Å². The second-order valence-corrected chi connectivity index (χ2v) is 4.57. The molecule has 2 aliphatic rings. The Kier molecular flexibility index (Phi) is 1.59. The highest BCUT2D eigenvalue weighted by atomic mass is 16.5. The fraction of sp³-hybridized carbons (Fsp3) is 0.500. The standard InChI is InChI=1S/C12H12N2O2/c1-3-7-9(5-1)15-13-11(7)12-8-4-2-6-10(8)16-14-12/h1-6H2. The van der Waals surface area contributed by atoms with Crippen LogP contribution in [0.5, 0.6) is 0 Å². The molecule has 0 spiro atoms. The molecule has 4 rings (SSSR count). The lowest BCUT2D eigenvalue weighted by atomic mass is 10.1. The Morgan fingerprint density at radius 3 is 1.69 bits per heavy atom. The monoisotopic (exact) mass is 216 g/mol. The van der Waals surface area contributed by atoms with E-state index in [1.165, 1.54) is 24.0 Å². The number of rotatable bonds is 1. The lowest BCUT2D eigenvalue weighted by Crippen LogP contribution is -1.88. The molecule has 0 unspecified atom stereocenters. The molecule has 0 N–H and O–H groups in total. The highest BCUT2D eigenvalue weighted by molar-refractivity contribution is 5.64. The number of aryl methyl sites for hydroxylation is 2. The molecular weight excluding hydrogens is 204 g/mol. The SMILES string of the molecule is C1Cc2onc(-c3noc4c3CCC4)c2C1. The van der Waals surface area contributed by atoms with Gasteiger partial charge in [0.25, 0.3) is 0 Å². The van der Waals surface area contributed by atoms with E-state index in [1.807, 2.05) is 0 Å². The van der Waals surface area contributed by atoms with Crippen LogP contribution in [-0.2, 0) is 25.7 Å². The maximum Gasteiger partial charge on any atom is 0.140 e. The predicted molar refractivity (Wildman–Crippen MR) is 56.1 cm³/mol. The lowest BCUT2D eigenvalue weighted by Gasteiger charge is -1.94. The van der Waals surface area contributed by atoms with Crippen molar-refractivity contribution in [1.29, 1.82) is 0 Å². The van der Waals surface area contributed by atoms with Gasteiger partial charge in [0.2, 0.25) is 0 Å². The Labute approximate surface area is 92.6 Å². The summed E-state index contributed by atoms with van der Waals surface area (Å²) in [6.45, 7) is 0. The molecule has 0 aliphatic heterocycles. The largest absolute Gasteiger partial charge is 0.360 e. The van der Waals surface area contributed by atoms with Crippen molar-refractivity contribution in [3.8, 4) is 11.4 Å². The Morgan fingerprint density at radius 1 is 0.688 bits per heavy atom. The van der Waals surface area contributed by atoms with Crippen molar-refractivity contribution in [2.75, 3.05) is 0 Å². The molecule has 4 nitrogen and oxygen atoms in total. The van der Waals surface area contributed by atoms with E-state index in [-0.39, 0.29) is 0 Å². The van der Waals surface area contributed by atoms with Crippen molar-refractivity contribution in [2.45, 2.75) is 38.5 Å². The normalized spacial score (nSPS) is 17.8. The molecule has 16 heavy (non-hydrogen) atoms. The summed E-state index contributed by atoms with van der Waals surface area (Å²) in [5.74, 6) is 2.09. The van der Waals surface area contributed by atoms with Crippen LogP contribution in [0.2, 0.25) is 0 Å². The van der Waals surface area contributed by atoms with E-state index >= 15 is 0 Å². The third kappa shape index (κ3) is 0.991. The summed E-state index contributed by atoms with van der Waals surface area (Å²) in [6, 6.07) is 0. The van der Waals surface area contributed by atoms with Gasteiger partial charge in [-0.05, 0) is 25.7 Å². The highest BCUT2D eigenvalue weighted by Crippen LogP contribution is 2.36. The van der Waals surface area contributed by atoms with Crippen LogP contribution >= 0.6 is 0 Å². The molecule has 2 aliphatic carbocycles. The van der Waals surface area contributed by atoms with Gasteiger partial charge in [-0.3, -0.25) is 0 Å². The van der Waals surface area contributed by atoms with Gasteiger partial charge in [0.05, 0.1) is 0 Å². The number of hydrogen-bond donors (Lipinski definition) is 0. The number of nitrogens with zero attached hydrogens (tertiary/aromatic N) is 2. The molecule has 2 heterocycles. The van der Waals surface area contributed by atoms with Gasteiger partial charge in [0.1, 0.15) is 22.9 Å². The zero-order chi connectivity index (χ0) is 10.5. The van der Waals surface area contributed by atoms with Gasteiger partial charge in [0, 0.05) is 24.0 Å². The van der Waals surface area contributed by atoms with Crippen LogP contribution in [-0.4, -0.2) is 10.3 Å². The summed E-state index contributed by atoms with van der Waals surface area (Å²) >= 11 is 0. The predicted octanol–water partition coefficient (Wildman–Crippen LogP) is 2.31. The fourth-order valence-electron chi connectivity index (χ4n) is 2.82. The molecule has 0 fully saturated rings. The molecule has 0 radical (unpaired) electrons. The van der Waals surface area contributed by atoms with Crippen LogP contribution < -0.4 is 0 Å². The average Bonchev–Trinajstić information content (AvgIpc) is 2.97. The summed E-state index contributed by atoms with van der Waals surface area (Å²) in [7, 11) is 0. The zero-order valence-electron chi connectivity index (χ0n) is 8.95. The van der Waals surface area contributed by atoms with Crippen LogP contribution in [0.3, 0.4) is 0 Å². The van der Waals surface area contributed by atoms with Crippen LogP contribution in [0.25, 0.3) is 11.4 Å². The van der Waals surface area contributed by atoms with Gasteiger partial charge in [-0.1, -0.05) is 10.3 Å². The van der Waals surface area contributed by atoms with Gasteiger partial charge in [-0.2, -0.15) is 0 Å². The molecular formula is C12H12N2O2. The molecule has 0 bridgehead atoms. The first-order valence-corrected chi connectivity index (χ1v) is 5.88. The first-order chi connectivity index (χ1) is 7.93. The van der Waals surface area contributed by atoms with E-state index in [4.69, 9.17) is 9.05 Å². The Bertz CT molecular complexity index is 503. The van der Waals surface area contributed by atoms with Crippen LogP contribution in [0.1, 0.15) is 35.5 Å². The molecule has 4 heteroatoms. The van der Waals surface area contributed by atoms with E-state index in [0.717, 1.165) is 48.6 Å². The van der Waals surface area contributed by atoms with Crippen LogP contribution in [0, 0.1) is 0 Å². The minimum atomic E-state index is 0.930. The van der Waals surface area contributed by atoms with Crippen LogP contribution in [0.4, 0.5) is 0 Å². The Morgan fingerprint density at radius 2 is 1.19 bits per heavy atom. The van der Waals surface area contributed by atoms with Gasteiger partial charge in [-0.15, -0.1) is 0 Å². The Balaban J connectivity index is 1.90. The highest BCUT2D eigenvalue weighted by Gasteiger charge is 2.29. The van der Waals surface area contributed by atoms with E-state index in [0.29, 0.717) is 0 Å². The summed E-state index contributed by atoms with van der Waals surface area (Å²) in [6.07, 6.45) is 6.50. The second kappa shape index (κ2) is 2.97. The molecule has 0 amide bonds. The Hall–Kier alpha value is -1.58. The molecule has 2 aromatic heterocycles. The first-order valence-electron chi connectivity index (χ1n) is 5.88. The van der Waals surface area contributed by atoms with Crippen molar-refractivity contribution in [1.82, 2.24) is 10.3 Å². The van der Waals surface area contributed by atoms with Crippen LogP contribution in [0.15, 0.2) is 9.05 Å². The van der Waals surface area contributed by atoms with Gasteiger partial charge in [-0.25, -0.2) is 0 Å². The summed E-state index contributed by atoms with van der Waals surface area (Å²) in [5, 5.41) is 8.32. The van der Waals surface area contributed by atoms with Gasteiger partial charge in [0.15, 0.2) is 0 Å². The molecule has 0 aromatic carbocycles. The number of fused-ring (bicyclic) bond motifs is 2. The molecule has 0 saturated heterocycles. The third-order valence-corrected chi connectivity index (χ3v) is 3.62. The van der Waals surface area contributed by atoms with E-state index in [1.54, 1.807) is 0 Å². The maximum atomic E-state index is 5.36. The topological polar surface area (TPSA) is 52.1 Å². The zero-order valence-corrected chi connectivity index (χ0v) is 8.95. The van der Waals surface area contributed by atoms with Crippen molar-refractivity contribution in [3.63, 3.8) is 0 Å². The average molecular weight is 216 g/mol. The molecule has 82 valence electrons. The summed E-state index contributed by atoms with van der Waals surface area (Å²) in [5.41, 5.74) is 4.37. The molecule has 2 aromatic rings. The quantitative estimate of drug-likeness (QED) is 0.734. The van der Waals surface area contributed by atoms with E-state index in [9.17, 15) is 0 Å². The van der Waals surface area contributed by atoms with Gasteiger partial charge < -0.3 is 9.05 Å². The molecule has 0 saturated carbocycles. The summed E-state index contributed by atoms with van der Waals surface area (Å²) in [4.78, 5) is 0. The molecule has 0 atom stereocenters. The lowest BCUT2D eigenvalue weighted by molar-refractivity contribution is 0.380. The maximum absolute atomic E-state index is 5.36. The minimum Gasteiger partial charge on any atom is -0.360 e. The van der Waals surface area contributed by atoms with Crippen molar-refractivity contribution < 1.29 is 9.05 Å². The second-order valence-electron chi connectivity index (χ2n) is 4.57. The van der Waals surface area contributed by atoms with Crippen molar-refractivity contribution >= 4 is 0 Å². The minimum absolute atomic E-state index is 0.930.